The minimum atomic E-state index is -1.99. The predicted molar refractivity (Wildman–Crippen MR) is 53.7 cm³/mol. The van der Waals surface area contributed by atoms with Crippen molar-refractivity contribution in [3.63, 3.8) is 0 Å². The summed E-state index contributed by atoms with van der Waals surface area (Å²) in [5.41, 5.74) is -0.403. The third kappa shape index (κ3) is 2.82. The minimum absolute atomic E-state index is 0.0801. The predicted octanol–water partition coefficient (Wildman–Crippen LogP) is 0.142. The molecule has 1 aromatic rings. The molecule has 7 heteroatoms. The molecule has 0 unspecified atom stereocenters. The number of rotatable bonds is 4. The maximum absolute atomic E-state index is 13.2. The van der Waals surface area contributed by atoms with Crippen molar-refractivity contribution in [2.24, 2.45) is 0 Å². The highest BCUT2D eigenvalue weighted by Gasteiger charge is 2.24. The normalized spacial score (nSPS) is 10.2. The Balaban J connectivity index is 3.13. The summed E-state index contributed by atoms with van der Waals surface area (Å²) in [6.07, 6.45) is 0. The van der Waals surface area contributed by atoms with Crippen molar-refractivity contribution in [1.82, 2.24) is 0 Å². The molecule has 0 aromatic heterocycles. The van der Waals surface area contributed by atoms with Crippen molar-refractivity contribution in [2.75, 3.05) is 13.9 Å². The molecule has 0 heterocycles. The van der Waals surface area contributed by atoms with Crippen LogP contribution in [-0.4, -0.2) is 31.1 Å². The molecular formula is C8H9BClFO4. The van der Waals surface area contributed by atoms with Crippen LogP contribution in [0, 0.1) is 5.82 Å². The largest absolute Gasteiger partial charge is 0.495 e. The standard InChI is InChI=1S/C8H9BClFO4/c1-14-4-15-8-5(10)2-3-6(11)7(8)9(12)13/h2-3,12-13H,4H2,1H3. The van der Waals surface area contributed by atoms with Gasteiger partial charge in [0.1, 0.15) is 11.6 Å². The minimum Gasteiger partial charge on any atom is -0.466 e. The average molecular weight is 234 g/mol. The van der Waals surface area contributed by atoms with Gasteiger partial charge in [-0.15, -0.1) is 0 Å². The summed E-state index contributed by atoms with van der Waals surface area (Å²) in [5, 5.41) is 18.0. The molecule has 0 atom stereocenters. The Kier molecular flexibility index (Phi) is 4.35. The zero-order valence-corrected chi connectivity index (χ0v) is 8.66. The molecular weight excluding hydrogens is 225 g/mol. The van der Waals surface area contributed by atoms with Crippen molar-refractivity contribution in [3.8, 4) is 5.75 Å². The molecule has 0 saturated carbocycles. The second-order valence-corrected chi connectivity index (χ2v) is 3.10. The number of hydrogen-bond acceptors (Lipinski definition) is 4. The molecule has 0 spiro atoms. The summed E-state index contributed by atoms with van der Waals surface area (Å²) in [7, 11) is -0.613. The van der Waals surface area contributed by atoms with E-state index in [0.29, 0.717) is 0 Å². The summed E-state index contributed by atoms with van der Waals surface area (Å²) in [5.74, 6) is -0.936. The van der Waals surface area contributed by atoms with Crippen LogP contribution in [0.1, 0.15) is 0 Å². The molecule has 0 bridgehead atoms. The van der Waals surface area contributed by atoms with Gasteiger partial charge in [-0.05, 0) is 12.1 Å². The van der Waals surface area contributed by atoms with Crippen LogP contribution in [-0.2, 0) is 4.74 Å². The maximum atomic E-state index is 13.2. The van der Waals surface area contributed by atoms with Crippen LogP contribution >= 0.6 is 11.6 Å². The molecule has 0 aliphatic rings. The van der Waals surface area contributed by atoms with E-state index in [2.05, 4.69) is 4.74 Å². The summed E-state index contributed by atoms with van der Waals surface area (Å²) in [4.78, 5) is 0. The number of halogens is 2. The fourth-order valence-electron chi connectivity index (χ4n) is 1.05. The Morgan fingerprint density at radius 3 is 2.67 bits per heavy atom. The maximum Gasteiger partial charge on any atom is 0.495 e. The lowest BCUT2D eigenvalue weighted by atomic mass is 9.79. The molecule has 2 N–H and O–H groups in total. The zero-order valence-electron chi connectivity index (χ0n) is 7.91. The number of benzene rings is 1. The highest BCUT2D eigenvalue weighted by Crippen LogP contribution is 2.23. The highest BCUT2D eigenvalue weighted by molar-refractivity contribution is 6.60. The van der Waals surface area contributed by atoms with Crippen LogP contribution in [0.15, 0.2) is 12.1 Å². The smallest absolute Gasteiger partial charge is 0.466 e. The monoisotopic (exact) mass is 234 g/mol. The number of ether oxygens (including phenoxy) is 2. The average Bonchev–Trinajstić information content (AvgIpc) is 2.18. The zero-order chi connectivity index (χ0) is 11.4. The Bertz CT molecular complexity index is 348. The van der Waals surface area contributed by atoms with E-state index >= 15 is 0 Å². The van der Waals surface area contributed by atoms with Crippen molar-refractivity contribution in [3.05, 3.63) is 23.0 Å². The van der Waals surface area contributed by atoms with Gasteiger partial charge in [-0.1, -0.05) is 11.6 Å². The molecule has 0 aliphatic carbocycles. The molecule has 0 fully saturated rings. The van der Waals surface area contributed by atoms with E-state index in [4.69, 9.17) is 26.4 Å². The molecule has 15 heavy (non-hydrogen) atoms. The first-order chi connectivity index (χ1) is 7.07. The third-order valence-electron chi connectivity index (χ3n) is 1.67. The van der Waals surface area contributed by atoms with Crippen LogP contribution in [0.5, 0.6) is 5.75 Å². The van der Waals surface area contributed by atoms with Gasteiger partial charge in [0.15, 0.2) is 6.79 Å². The first kappa shape index (κ1) is 12.3. The molecule has 0 aliphatic heterocycles. The van der Waals surface area contributed by atoms with Gasteiger partial charge >= 0.3 is 7.12 Å². The van der Waals surface area contributed by atoms with E-state index in [9.17, 15) is 4.39 Å². The van der Waals surface area contributed by atoms with Crippen molar-refractivity contribution < 1.29 is 23.9 Å². The van der Waals surface area contributed by atoms with Crippen LogP contribution < -0.4 is 10.2 Å². The van der Waals surface area contributed by atoms with Crippen LogP contribution in [0.2, 0.25) is 5.02 Å². The van der Waals surface area contributed by atoms with E-state index < -0.39 is 18.4 Å². The van der Waals surface area contributed by atoms with Gasteiger partial charge in [0.05, 0.1) is 10.5 Å². The van der Waals surface area contributed by atoms with E-state index in [1.165, 1.54) is 13.2 Å². The van der Waals surface area contributed by atoms with E-state index in [1.807, 2.05) is 0 Å². The second kappa shape index (κ2) is 5.32. The van der Waals surface area contributed by atoms with Crippen LogP contribution in [0.3, 0.4) is 0 Å². The van der Waals surface area contributed by atoms with Gasteiger partial charge in [0.25, 0.3) is 0 Å². The Morgan fingerprint density at radius 1 is 1.47 bits per heavy atom. The summed E-state index contributed by atoms with van der Waals surface area (Å²) in [6.45, 7) is -0.164. The van der Waals surface area contributed by atoms with Gasteiger partial charge in [0, 0.05) is 7.11 Å². The van der Waals surface area contributed by atoms with E-state index in [1.54, 1.807) is 0 Å². The fourth-order valence-corrected chi connectivity index (χ4v) is 1.27. The van der Waals surface area contributed by atoms with Gasteiger partial charge in [0.2, 0.25) is 0 Å². The van der Waals surface area contributed by atoms with Crippen LogP contribution in [0.25, 0.3) is 0 Å². The van der Waals surface area contributed by atoms with Crippen molar-refractivity contribution in [2.45, 2.75) is 0 Å². The molecule has 0 radical (unpaired) electrons. The highest BCUT2D eigenvalue weighted by atomic mass is 35.5. The van der Waals surface area contributed by atoms with Gasteiger partial charge in [-0.25, -0.2) is 4.39 Å². The first-order valence-corrected chi connectivity index (χ1v) is 4.41. The topological polar surface area (TPSA) is 58.9 Å². The van der Waals surface area contributed by atoms with Gasteiger partial charge in [-0.3, -0.25) is 0 Å². The molecule has 1 rings (SSSR count). The lowest BCUT2D eigenvalue weighted by Crippen LogP contribution is -2.34. The lowest BCUT2D eigenvalue weighted by Gasteiger charge is -2.12. The number of methoxy groups -OCH3 is 1. The fraction of sp³-hybridized carbons (Fsp3) is 0.250. The number of hydrogen-bond donors (Lipinski definition) is 2. The van der Waals surface area contributed by atoms with E-state index in [-0.39, 0.29) is 17.6 Å². The van der Waals surface area contributed by atoms with Crippen LogP contribution in [0.4, 0.5) is 4.39 Å². The summed E-state index contributed by atoms with van der Waals surface area (Å²) in [6, 6.07) is 2.28. The molecule has 4 nitrogen and oxygen atoms in total. The molecule has 82 valence electrons. The van der Waals surface area contributed by atoms with Gasteiger partial charge < -0.3 is 19.5 Å². The Labute approximate surface area is 91.3 Å². The molecule has 1 aromatic carbocycles. The second-order valence-electron chi connectivity index (χ2n) is 2.70. The summed E-state index contributed by atoms with van der Waals surface area (Å²) >= 11 is 5.71. The Hall–Kier alpha value is -0.815. The SMILES string of the molecule is COCOc1c(Cl)ccc(F)c1B(O)O. The lowest BCUT2D eigenvalue weighted by molar-refractivity contribution is 0.0516. The Morgan fingerprint density at radius 2 is 2.13 bits per heavy atom. The summed E-state index contributed by atoms with van der Waals surface area (Å²) < 4.78 is 22.8. The van der Waals surface area contributed by atoms with E-state index in [0.717, 1.165) is 6.07 Å². The van der Waals surface area contributed by atoms with Gasteiger partial charge in [-0.2, -0.15) is 0 Å². The van der Waals surface area contributed by atoms with Crippen molar-refractivity contribution >= 4 is 24.2 Å². The third-order valence-corrected chi connectivity index (χ3v) is 1.97. The first-order valence-electron chi connectivity index (χ1n) is 4.03. The quantitative estimate of drug-likeness (QED) is 0.575. The molecule has 0 amide bonds. The van der Waals surface area contributed by atoms with Crippen molar-refractivity contribution in [1.29, 1.82) is 0 Å². The molecule has 0 saturated heterocycles.